The quantitative estimate of drug-likeness (QED) is 0.648. The number of carbonyl (C=O) groups excluding carboxylic acids is 1. The Morgan fingerprint density at radius 2 is 1.95 bits per heavy atom. The molecule has 0 aliphatic heterocycles. The molecular formula is C14H28N2O2S. The molecule has 0 spiro atoms. The maximum Gasteiger partial charge on any atom is 0.227 e. The second-order valence-corrected chi connectivity index (χ2v) is 6.88. The number of hydrogen-bond acceptors (Lipinski definition) is 4. The van der Waals surface area contributed by atoms with E-state index >= 15 is 0 Å². The van der Waals surface area contributed by atoms with Crippen LogP contribution in [0.5, 0.6) is 0 Å². The van der Waals surface area contributed by atoms with Gasteiger partial charge in [-0.3, -0.25) is 4.79 Å². The zero-order valence-electron chi connectivity index (χ0n) is 12.2. The third kappa shape index (κ3) is 4.97. The predicted octanol–water partition coefficient (Wildman–Crippen LogP) is 1.52. The Balaban J connectivity index is 2.58. The van der Waals surface area contributed by atoms with Crippen LogP contribution >= 0.6 is 11.8 Å². The van der Waals surface area contributed by atoms with E-state index in [-0.39, 0.29) is 5.91 Å². The lowest BCUT2D eigenvalue weighted by molar-refractivity contribution is -0.132. The highest BCUT2D eigenvalue weighted by atomic mass is 32.2. The van der Waals surface area contributed by atoms with Crippen molar-refractivity contribution in [2.24, 2.45) is 11.1 Å². The van der Waals surface area contributed by atoms with Crippen LogP contribution in [0.25, 0.3) is 0 Å². The van der Waals surface area contributed by atoms with Crippen molar-refractivity contribution in [3.63, 3.8) is 0 Å². The molecule has 4 N–H and O–H groups in total. The molecule has 0 aromatic carbocycles. The van der Waals surface area contributed by atoms with Crippen molar-refractivity contribution in [1.82, 2.24) is 5.32 Å². The highest BCUT2D eigenvalue weighted by Gasteiger charge is 2.37. The second kappa shape index (κ2) is 7.50. The number of nitrogens with two attached hydrogens (primary N) is 1. The molecule has 4 nitrogen and oxygen atoms in total. The number of hydrogen-bond donors (Lipinski definition) is 3. The van der Waals surface area contributed by atoms with Crippen molar-refractivity contribution in [3.05, 3.63) is 0 Å². The van der Waals surface area contributed by atoms with Crippen LogP contribution in [0, 0.1) is 5.41 Å². The van der Waals surface area contributed by atoms with E-state index in [4.69, 9.17) is 5.73 Å². The summed E-state index contributed by atoms with van der Waals surface area (Å²) in [5.41, 5.74) is 4.62. The zero-order chi connectivity index (χ0) is 14.4. The van der Waals surface area contributed by atoms with Gasteiger partial charge in [-0.1, -0.05) is 25.7 Å². The van der Waals surface area contributed by atoms with Gasteiger partial charge < -0.3 is 16.2 Å². The standard InChI is InChI=1S/C14H28N2O2S/c1-13(18,11-19-2)10-16-12(17)14(9-15)7-5-3-4-6-8-14/h18H,3-11,15H2,1-2H3,(H,16,17). The smallest absolute Gasteiger partial charge is 0.227 e. The molecule has 1 fully saturated rings. The van der Waals surface area contributed by atoms with Gasteiger partial charge in [0.1, 0.15) is 0 Å². The normalized spacial score (nSPS) is 22.3. The van der Waals surface area contributed by atoms with E-state index in [1.807, 2.05) is 6.26 Å². The van der Waals surface area contributed by atoms with Crippen molar-refractivity contribution in [2.45, 2.75) is 51.0 Å². The van der Waals surface area contributed by atoms with E-state index in [9.17, 15) is 9.90 Å². The van der Waals surface area contributed by atoms with Crippen LogP contribution in [-0.2, 0) is 4.79 Å². The lowest BCUT2D eigenvalue weighted by Gasteiger charge is -2.32. The van der Waals surface area contributed by atoms with Crippen LogP contribution in [0.2, 0.25) is 0 Å². The summed E-state index contributed by atoms with van der Waals surface area (Å²) >= 11 is 1.58. The molecule has 0 radical (unpaired) electrons. The fraction of sp³-hybridized carbons (Fsp3) is 0.929. The van der Waals surface area contributed by atoms with Gasteiger partial charge >= 0.3 is 0 Å². The number of nitrogens with one attached hydrogen (secondary N) is 1. The molecule has 0 saturated heterocycles. The van der Waals surface area contributed by atoms with Gasteiger partial charge in [0, 0.05) is 18.8 Å². The summed E-state index contributed by atoms with van der Waals surface area (Å²) in [6, 6.07) is 0. The average molecular weight is 288 g/mol. The zero-order valence-corrected chi connectivity index (χ0v) is 13.0. The molecule has 0 aromatic rings. The first-order chi connectivity index (χ1) is 8.96. The topological polar surface area (TPSA) is 75.3 Å². The van der Waals surface area contributed by atoms with Gasteiger partial charge in [-0.05, 0) is 26.0 Å². The van der Waals surface area contributed by atoms with Crippen molar-refractivity contribution in [3.8, 4) is 0 Å². The molecule has 0 bridgehead atoms. The lowest BCUT2D eigenvalue weighted by Crippen LogP contribution is -2.50. The van der Waals surface area contributed by atoms with Crippen LogP contribution < -0.4 is 11.1 Å². The molecule has 5 heteroatoms. The van der Waals surface area contributed by atoms with Crippen molar-refractivity contribution in [1.29, 1.82) is 0 Å². The Bertz CT molecular complexity index is 287. The maximum atomic E-state index is 12.4. The maximum absolute atomic E-state index is 12.4. The van der Waals surface area contributed by atoms with E-state index in [0.717, 1.165) is 25.7 Å². The number of aliphatic hydroxyl groups is 1. The fourth-order valence-corrected chi connectivity index (χ4v) is 3.47. The first-order valence-corrected chi connectivity index (χ1v) is 8.55. The van der Waals surface area contributed by atoms with Gasteiger partial charge in [-0.25, -0.2) is 0 Å². The molecule has 1 amide bonds. The summed E-state index contributed by atoms with van der Waals surface area (Å²) in [7, 11) is 0. The van der Waals surface area contributed by atoms with Gasteiger partial charge in [-0.2, -0.15) is 11.8 Å². The van der Waals surface area contributed by atoms with Crippen molar-refractivity contribution < 1.29 is 9.90 Å². The molecular weight excluding hydrogens is 260 g/mol. The van der Waals surface area contributed by atoms with E-state index in [0.29, 0.717) is 18.8 Å². The van der Waals surface area contributed by atoms with Crippen molar-refractivity contribution >= 4 is 17.7 Å². The molecule has 0 aromatic heterocycles. The molecule has 1 unspecified atom stereocenters. The Kier molecular flexibility index (Phi) is 6.63. The number of amides is 1. The SMILES string of the molecule is CSCC(C)(O)CNC(=O)C1(CN)CCCCCC1. The average Bonchev–Trinajstić information content (AvgIpc) is 2.62. The lowest BCUT2D eigenvalue weighted by atomic mass is 9.79. The minimum absolute atomic E-state index is 0.0262. The van der Waals surface area contributed by atoms with E-state index in [2.05, 4.69) is 5.32 Å². The summed E-state index contributed by atoms with van der Waals surface area (Å²) in [5, 5.41) is 13.0. The van der Waals surface area contributed by atoms with Gasteiger partial charge in [0.15, 0.2) is 0 Å². The molecule has 112 valence electrons. The van der Waals surface area contributed by atoms with Crippen LogP contribution in [0.15, 0.2) is 0 Å². The van der Waals surface area contributed by atoms with E-state index in [1.54, 1.807) is 18.7 Å². The van der Waals surface area contributed by atoms with Crippen molar-refractivity contribution in [2.75, 3.05) is 25.1 Å². The molecule has 1 rings (SSSR count). The van der Waals surface area contributed by atoms with Crippen LogP contribution in [-0.4, -0.2) is 41.7 Å². The number of rotatable bonds is 6. The number of carbonyl (C=O) groups is 1. The summed E-state index contributed by atoms with van der Waals surface area (Å²) in [5.74, 6) is 0.640. The second-order valence-electron chi connectivity index (χ2n) is 6.01. The Hall–Kier alpha value is -0.260. The fourth-order valence-electron chi connectivity index (χ4n) is 2.75. The monoisotopic (exact) mass is 288 g/mol. The van der Waals surface area contributed by atoms with E-state index in [1.165, 1.54) is 12.8 Å². The van der Waals surface area contributed by atoms with Crippen LogP contribution in [0.1, 0.15) is 45.4 Å². The van der Waals surface area contributed by atoms with Crippen LogP contribution in [0.4, 0.5) is 0 Å². The minimum Gasteiger partial charge on any atom is -0.387 e. The molecule has 0 heterocycles. The number of thioether (sulfide) groups is 1. The van der Waals surface area contributed by atoms with E-state index < -0.39 is 11.0 Å². The van der Waals surface area contributed by atoms with Gasteiger partial charge in [0.2, 0.25) is 5.91 Å². The Labute approximate surface area is 120 Å². The largest absolute Gasteiger partial charge is 0.387 e. The van der Waals surface area contributed by atoms with Gasteiger partial charge in [0.25, 0.3) is 0 Å². The first kappa shape index (κ1) is 16.8. The molecule has 1 saturated carbocycles. The third-order valence-electron chi connectivity index (χ3n) is 4.02. The van der Waals surface area contributed by atoms with Gasteiger partial charge in [-0.15, -0.1) is 0 Å². The predicted molar refractivity (Wildman–Crippen MR) is 81.2 cm³/mol. The molecule has 1 atom stereocenters. The first-order valence-electron chi connectivity index (χ1n) is 7.15. The third-order valence-corrected chi connectivity index (χ3v) is 4.93. The highest BCUT2D eigenvalue weighted by Crippen LogP contribution is 2.34. The molecule has 1 aliphatic carbocycles. The van der Waals surface area contributed by atoms with Gasteiger partial charge in [0.05, 0.1) is 11.0 Å². The Morgan fingerprint density at radius 3 is 2.42 bits per heavy atom. The molecule has 1 aliphatic rings. The van der Waals surface area contributed by atoms with Crippen LogP contribution in [0.3, 0.4) is 0 Å². The summed E-state index contributed by atoms with van der Waals surface area (Å²) < 4.78 is 0. The molecule has 19 heavy (non-hydrogen) atoms. The Morgan fingerprint density at radius 1 is 1.37 bits per heavy atom. The summed E-state index contributed by atoms with van der Waals surface area (Å²) in [6.45, 7) is 2.46. The highest BCUT2D eigenvalue weighted by molar-refractivity contribution is 7.98. The summed E-state index contributed by atoms with van der Waals surface area (Å²) in [6.07, 6.45) is 8.24. The summed E-state index contributed by atoms with van der Waals surface area (Å²) in [4.78, 5) is 12.4. The minimum atomic E-state index is -0.852.